The van der Waals surface area contributed by atoms with E-state index in [0.29, 0.717) is 54.3 Å². The molecule has 3 aromatic rings. The third-order valence-electron chi connectivity index (χ3n) is 6.45. The largest absolute Gasteiger partial charge is 0.486 e. The molecule has 178 valence electrons. The molecule has 2 aliphatic rings. The molecule has 0 amide bonds. The summed E-state index contributed by atoms with van der Waals surface area (Å²) in [7, 11) is 1.56. The Bertz CT molecular complexity index is 1160. The van der Waals surface area contributed by atoms with Crippen molar-refractivity contribution >= 4 is 17.0 Å². The number of rotatable bonds is 7. The number of pyridine rings is 2. The topological polar surface area (TPSA) is 91.8 Å². The molecule has 1 aliphatic carbocycles. The summed E-state index contributed by atoms with van der Waals surface area (Å²) in [4.78, 5) is 21.2. The Morgan fingerprint density at radius 1 is 1.03 bits per heavy atom. The number of nitrogens with one attached hydrogen (secondary N) is 1. The predicted octanol–water partition coefficient (Wildman–Crippen LogP) is 3.92. The summed E-state index contributed by atoms with van der Waals surface area (Å²) in [5.74, 6) is 2.15. The summed E-state index contributed by atoms with van der Waals surface area (Å²) < 4.78 is 22.0. The first-order valence-corrected chi connectivity index (χ1v) is 11.8. The molecule has 8 heteroatoms. The van der Waals surface area contributed by atoms with Crippen LogP contribution in [0.15, 0.2) is 42.6 Å². The van der Waals surface area contributed by atoms with E-state index in [2.05, 4.69) is 27.4 Å². The number of hydrogen-bond donors (Lipinski definition) is 1. The van der Waals surface area contributed by atoms with Crippen molar-refractivity contribution in [1.82, 2.24) is 15.3 Å². The first kappa shape index (κ1) is 22.4. The van der Waals surface area contributed by atoms with Gasteiger partial charge in [-0.05, 0) is 61.4 Å². The molecule has 34 heavy (non-hydrogen) atoms. The lowest BCUT2D eigenvalue weighted by Gasteiger charge is -2.29. The van der Waals surface area contributed by atoms with Crippen LogP contribution in [-0.4, -0.2) is 48.9 Å². The number of methoxy groups -OCH3 is 1. The van der Waals surface area contributed by atoms with Gasteiger partial charge in [0.15, 0.2) is 11.5 Å². The van der Waals surface area contributed by atoms with Gasteiger partial charge in [0, 0.05) is 24.8 Å². The van der Waals surface area contributed by atoms with Crippen LogP contribution < -0.4 is 19.5 Å². The van der Waals surface area contributed by atoms with Gasteiger partial charge in [-0.3, -0.25) is 4.98 Å². The average Bonchev–Trinajstić information content (AvgIpc) is 2.90. The van der Waals surface area contributed by atoms with E-state index < -0.39 is 0 Å². The summed E-state index contributed by atoms with van der Waals surface area (Å²) in [6.45, 7) is 2.43. The molecule has 0 unspecified atom stereocenters. The molecule has 1 saturated carbocycles. The number of aromatic nitrogens is 2. The van der Waals surface area contributed by atoms with Gasteiger partial charge in [-0.2, -0.15) is 0 Å². The summed E-state index contributed by atoms with van der Waals surface area (Å²) >= 11 is 0. The Morgan fingerprint density at radius 3 is 2.68 bits per heavy atom. The summed E-state index contributed by atoms with van der Waals surface area (Å²) in [5, 5.41) is 3.65. The van der Waals surface area contributed by atoms with E-state index >= 15 is 0 Å². The van der Waals surface area contributed by atoms with E-state index in [1.165, 1.54) is 11.8 Å². The van der Waals surface area contributed by atoms with E-state index in [-0.39, 0.29) is 5.97 Å². The van der Waals surface area contributed by atoms with Crippen molar-refractivity contribution in [2.75, 3.05) is 26.9 Å². The van der Waals surface area contributed by atoms with Crippen LogP contribution in [0, 0.1) is 5.92 Å². The maximum absolute atomic E-state index is 12.6. The number of benzene rings is 1. The van der Waals surface area contributed by atoms with Gasteiger partial charge in [-0.25, -0.2) is 9.78 Å². The fourth-order valence-corrected chi connectivity index (χ4v) is 4.48. The first-order chi connectivity index (χ1) is 16.7. The number of hydrogen-bond acceptors (Lipinski definition) is 8. The minimum absolute atomic E-state index is 0.363. The Hall–Kier alpha value is -3.39. The van der Waals surface area contributed by atoms with Crippen molar-refractivity contribution < 1.29 is 23.7 Å². The van der Waals surface area contributed by atoms with Crippen molar-refractivity contribution in [3.63, 3.8) is 0 Å². The molecule has 0 bridgehead atoms. The van der Waals surface area contributed by atoms with Gasteiger partial charge in [-0.15, -0.1) is 0 Å². The molecule has 0 saturated heterocycles. The second-order valence-corrected chi connectivity index (χ2v) is 8.79. The van der Waals surface area contributed by atoms with Gasteiger partial charge < -0.3 is 24.3 Å². The summed E-state index contributed by atoms with van der Waals surface area (Å²) in [5.41, 5.74) is 2.91. The van der Waals surface area contributed by atoms with Gasteiger partial charge in [0.2, 0.25) is 5.88 Å². The van der Waals surface area contributed by atoms with Crippen LogP contribution in [0.1, 0.15) is 41.6 Å². The molecule has 0 radical (unpaired) electrons. The zero-order valence-corrected chi connectivity index (χ0v) is 19.3. The van der Waals surface area contributed by atoms with Crippen molar-refractivity contribution in [2.45, 2.75) is 38.3 Å². The highest BCUT2D eigenvalue weighted by molar-refractivity contribution is 5.92. The molecule has 1 aliphatic heterocycles. The molecule has 8 nitrogen and oxygen atoms in total. The second-order valence-electron chi connectivity index (χ2n) is 8.79. The van der Waals surface area contributed by atoms with Gasteiger partial charge >= 0.3 is 5.97 Å². The highest BCUT2D eigenvalue weighted by Crippen LogP contribution is 2.31. The van der Waals surface area contributed by atoms with Gasteiger partial charge in [0.25, 0.3) is 0 Å². The van der Waals surface area contributed by atoms with E-state index in [0.717, 1.165) is 43.7 Å². The van der Waals surface area contributed by atoms with Crippen LogP contribution in [0.25, 0.3) is 11.0 Å². The third kappa shape index (κ3) is 5.22. The molecule has 1 N–H and O–H groups in total. The standard InChI is InChI=1S/C26H29N3O5/c1-31-25-9-7-21-22(29-25)13-19(15-28-21)26(30)34-16-17-2-5-20(6-3-17)27-14-18-4-8-23-24(12-18)33-11-10-32-23/h4,7-9,12-13,15,17,20,27H,2-3,5-6,10-11,14,16H2,1H3/t17-,20-. The van der Waals surface area contributed by atoms with Crippen molar-refractivity contribution in [3.8, 4) is 17.4 Å². The molecular formula is C26H29N3O5. The lowest BCUT2D eigenvalue weighted by atomic mass is 9.86. The number of ether oxygens (including phenoxy) is 4. The molecule has 1 aromatic carbocycles. The third-order valence-corrected chi connectivity index (χ3v) is 6.45. The zero-order chi connectivity index (χ0) is 23.3. The number of carbonyl (C=O) groups is 1. The smallest absolute Gasteiger partial charge is 0.339 e. The minimum atomic E-state index is -0.363. The predicted molar refractivity (Wildman–Crippen MR) is 126 cm³/mol. The summed E-state index contributed by atoms with van der Waals surface area (Å²) in [6.07, 6.45) is 5.72. The van der Waals surface area contributed by atoms with E-state index in [4.69, 9.17) is 18.9 Å². The Labute approximate surface area is 198 Å². The fourth-order valence-electron chi connectivity index (χ4n) is 4.48. The van der Waals surface area contributed by atoms with Gasteiger partial charge in [0.05, 0.1) is 30.3 Å². The molecule has 0 spiro atoms. The molecule has 1 fully saturated rings. The molecule has 2 aromatic heterocycles. The monoisotopic (exact) mass is 463 g/mol. The summed E-state index contributed by atoms with van der Waals surface area (Å²) in [6, 6.07) is 11.8. The van der Waals surface area contributed by atoms with E-state index in [1.54, 1.807) is 19.2 Å². The van der Waals surface area contributed by atoms with Crippen LogP contribution in [0.3, 0.4) is 0 Å². The van der Waals surface area contributed by atoms with Crippen molar-refractivity contribution in [1.29, 1.82) is 0 Å². The van der Waals surface area contributed by atoms with Gasteiger partial charge in [-0.1, -0.05) is 6.07 Å². The maximum Gasteiger partial charge on any atom is 0.339 e. The zero-order valence-electron chi connectivity index (χ0n) is 19.3. The number of fused-ring (bicyclic) bond motifs is 2. The Morgan fingerprint density at radius 2 is 1.85 bits per heavy atom. The fraction of sp³-hybridized carbons (Fsp3) is 0.423. The second kappa shape index (κ2) is 10.3. The normalized spacial score (nSPS) is 19.6. The number of carbonyl (C=O) groups excluding carboxylic acids is 1. The van der Waals surface area contributed by atoms with Crippen molar-refractivity contribution in [2.24, 2.45) is 5.92 Å². The Kier molecular flexibility index (Phi) is 6.76. The van der Waals surface area contributed by atoms with Crippen LogP contribution in [-0.2, 0) is 11.3 Å². The quantitative estimate of drug-likeness (QED) is 0.527. The SMILES string of the molecule is COc1ccc2ncc(C(=O)OC[C@H]3CC[C@H](NCc4ccc5c(c4)OCCO5)CC3)cc2n1. The van der Waals surface area contributed by atoms with Crippen LogP contribution in [0.2, 0.25) is 0 Å². The molecule has 0 atom stereocenters. The molecule has 3 heterocycles. The number of esters is 1. The lowest BCUT2D eigenvalue weighted by Crippen LogP contribution is -2.34. The molecular weight excluding hydrogens is 434 g/mol. The Balaban J connectivity index is 1.07. The molecule has 5 rings (SSSR count). The van der Waals surface area contributed by atoms with Crippen LogP contribution >= 0.6 is 0 Å². The minimum Gasteiger partial charge on any atom is -0.486 e. The first-order valence-electron chi connectivity index (χ1n) is 11.8. The van der Waals surface area contributed by atoms with Gasteiger partial charge in [0.1, 0.15) is 13.2 Å². The maximum atomic E-state index is 12.6. The van der Waals surface area contributed by atoms with Crippen molar-refractivity contribution in [3.05, 3.63) is 53.7 Å². The number of nitrogens with zero attached hydrogens (tertiary/aromatic N) is 2. The highest BCUT2D eigenvalue weighted by Gasteiger charge is 2.23. The average molecular weight is 464 g/mol. The van der Waals surface area contributed by atoms with E-state index in [1.807, 2.05) is 12.1 Å². The van der Waals surface area contributed by atoms with E-state index in [9.17, 15) is 4.79 Å². The van der Waals surface area contributed by atoms with Crippen LogP contribution in [0.4, 0.5) is 0 Å². The van der Waals surface area contributed by atoms with Crippen LogP contribution in [0.5, 0.6) is 17.4 Å². The highest BCUT2D eigenvalue weighted by atomic mass is 16.6. The lowest BCUT2D eigenvalue weighted by molar-refractivity contribution is 0.0401.